The number of piperidine rings is 1. The van der Waals surface area contributed by atoms with Gasteiger partial charge in [-0.2, -0.15) is 5.10 Å². The highest BCUT2D eigenvalue weighted by molar-refractivity contribution is 5.91. The molecule has 144 valence electrons. The lowest BCUT2D eigenvalue weighted by molar-refractivity contribution is -0.117. The molecule has 8 heteroatoms. The van der Waals surface area contributed by atoms with Crippen molar-refractivity contribution in [3.05, 3.63) is 42.5 Å². The quantitative estimate of drug-likeness (QED) is 0.782. The number of nitrogens with one attached hydrogen (secondary N) is 2. The minimum Gasteiger partial charge on any atom is -0.326 e. The predicted octanol–water partition coefficient (Wildman–Crippen LogP) is 3.13. The van der Waals surface area contributed by atoms with E-state index in [0.29, 0.717) is 24.8 Å². The highest BCUT2D eigenvalue weighted by Crippen LogP contribution is 2.23. The van der Waals surface area contributed by atoms with Crippen LogP contribution in [0.4, 0.5) is 5.69 Å². The molecule has 0 radical (unpaired) electrons. The first-order chi connectivity index (χ1) is 11.7. The van der Waals surface area contributed by atoms with E-state index >= 15 is 0 Å². The lowest BCUT2D eigenvalue weighted by atomic mass is 9.85. The van der Waals surface area contributed by atoms with E-state index in [0.717, 1.165) is 24.3 Å². The molecule has 3 rings (SSSR count). The molecule has 1 aromatic carbocycles. The zero-order chi connectivity index (χ0) is 16.8. The summed E-state index contributed by atoms with van der Waals surface area (Å²) in [5.41, 5.74) is 1.88. The number of carbonyl (C=O) groups is 1. The Bertz CT molecular complexity index is 659. The molecule has 26 heavy (non-hydrogen) atoms. The van der Waals surface area contributed by atoms with Crippen molar-refractivity contribution < 1.29 is 4.79 Å². The first kappa shape index (κ1) is 22.4. The van der Waals surface area contributed by atoms with Crippen molar-refractivity contribution >= 4 is 36.4 Å². The summed E-state index contributed by atoms with van der Waals surface area (Å²) < 4.78 is 1.75. The monoisotopic (exact) mass is 399 g/mol. The van der Waals surface area contributed by atoms with Gasteiger partial charge in [-0.15, -0.1) is 24.8 Å². The van der Waals surface area contributed by atoms with Crippen LogP contribution in [-0.2, 0) is 11.3 Å². The van der Waals surface area contributed by atoms with E-state index in [9.17, 15) is 4.79 Å². The van der Waals surface area contributed by atoms with Crippen molar-refractivity contribution in [3.8, 4) is 0 Å². The van der Waals surface area contributed by atoms with Crippen molar-refractivity contribution in [2.45, 2.75) is 32.7 Å². The average molecular weight is 400 g/mol. The molecule has 1 aliphatic rings. The van der Waals surface area contributed by atoms with Gasteiger partial charge in [-0.3, -0.25) is 4.79 Å². The van der Waals surface area contributed by atoms with Crippen LogP contribution < -0.4 is 10.6 Å². The van der Waals surface area contributed by atoms with Gasteiger partial charge in [0, 0.05) is 12.1 Å². The van der Waals surface area contributed by atoms with Gasteiger partial charge in [0.25, 0.3) is 0 Å². The second-order valence-electron chi connectivity index (χ2n) is 6.59. The normalized spacial score (nSPS) is 17.5. The van der Waals surface area contributed by atoms with E-state index < -0.39 is 0 Å². The topological polar surface area (TPSA) is 71.8 Å². The summed E-state index contributed by atoms with van der Waals surface area (Å²) in [6, 6.07) is 7.86. The van der Waals surface area contributed by atoms with Gasteiger partial charge in [0.05, 0.1) is 6.54 Å². The van der Waals surface area contributed by atoms with Crippen LogP contribution in [0.15, 0.2) is 36.9 Å². The zero-order valence-corrected chi connectivity index (χ0v) is 16.6. The Morgan fingerprint density at radius 2 is 2.19 bits per heavy atom. The number of aromatic nitrogens is 3. The van der Waals surface area contributed by atoms with Gasteiger partial charge in [0.2, 0.25) is 5.91 Å². The lowest BCUT2D eigenvalue weighted by Gasteiger charge is -2.28. The number of halogens is 2. The van der Waals surface area contributed by atoms with Gasteiger partial charge >= 0.3 is 0 Å². The number of nitrogens with zero attached hydrogens (tertiary/aromatic N) is 3. The van der Waals surface area contributed by atoms with E-state index in [4.69, 9.17) is 0 Å². The van der Waals surface area contributed by atoms with Gasteiger partial charge in [0.15, 0.2) is 0 Å². The first-order valence-corrected chi connectivity index (χ1v) is 8.63. The molecule has 2 aromatic rings. The molecule has 1 aromatic heterocycles. The molecule has 2 atom stereocenters. The maximum atomic E-state index is 12.5. The Morgan fingerprint density at radius 3 is 2.88 bits per heavy atom. The average Bonchev–Trinajstić information content (AvgIpc) is 3.10. The van der Waals surface area contributed by atoms with Crippen LogP contribution in [0.3, 0.4) is 0 Å². The van der Waals surface area contributed by atoms with E-state index in [-0.39, 0.29) is 30.7 Å². The Kier molecular flexibility index (Phi) is 9.62. The second-order valence-corrected chi connectivity index (χ2v) is 6.59. The summed E-state index contributed by atoms with van der Waals surface area (Å²) in [5.74, 6) is 1.06. The number of para-hydroxylation sites is 1. The van der Waals surface area contributed by atoms with E-state index in [1.165, 1.54) is 19.2 Å². The number of rotatable bonds is 6. The highest BCUT2D eigenvalue weighted by Gasteiger charge is 2.22. The molecular formula is C18H27Cl2N5O. The number of benzene rings is 1. The van der Waals surface area contributed by atoms with Crippen molar-refractivity contribution in [3.63, 3.8) is 0 Å². The zero-order valence-electron chi connectivity index (χ0n) is 14.9. The summed E-state index contributed by atoms with van der Waals surface area (Å²) >= 11 is 0. The summed E-state index contributed by atoms with van der Waals surface area (Å²) in [4.78, 5) is 16.4. The Hall–Kier alpha value is -1.63. The van der Waals surface area contributed by atoms with Crippen molar-refractivity contribution in [1.82, 2.24) is 20.1 Å². The van der Waals surface area contributed by atoms with Crippen molar-refractivity contribution in [1.29, 1.82) is 0 Å². The van der Waals surface area contributed by atoms with Crippen LogP contribution in [0.2, 0.25) is 0 Å². The molecule has 2 unspecified atom stereocenters. The molecule has 1 aliphatic heterocycles. The Morgan fingerprint density at radius 1 is 1.38 bits per heavy atom. The molecule has 1 amide bonds. The third-order valence-electron chi connectivity index (χ3n) is 4.74. The first-order valence-electron chi connectivity index (χ1n) is 8.63. The molecule has 0 saturated carbocycles. The predicted molar refractivity (Wildman–Crippen MR) is 108 cm³/mol. The van der Waals surface area contributed by atoms with Gasteiger partial charge in [-0.05, 0) is 49.4 Å². The van der Waals surface area contributed by atoms with E-state index in [2.05, 4.69) is 27.6 Å². The number of hydrogen-bond acceptors (Lipinski definition) is 4. The number of amides is 1. The smallest absolute Gasteiger partial charge is 0.224 e. The van der Waals surface area contributed by atoms with Gasteiger partial charge in [-0.1, -0.05) is 25.1 Å². The number of hydrogen-bond donors (Lipinski definition) is 2. The van der Waals surface area contributed by atoms with Crippen LogP contribution in [0, 0.1) is 11.8 Å². The largest absolute Gasteiger partial charge is 0.326 e. The maximum Gasteiger partial charge on any atom is 0.224 e. The fraction of sp³-hybridized carbons (Fsp3) is 0.500. The summed E-state index contributed by atoms with van der Waals surface area (Å²) in [5, 5.41) is 10.6. The molecule has 2 heterocycles. The third-order valence-corrected chi connectivity index (χ3v) is 4.74. The molecule has 0 bridgehead atoms. The van der Waals surface area contributed by atoms with Crippen LogP contribution in [-0.4, -0.2) is 33.8 Å². The Labute approximate surface area is 167 Å². The highest BCUT2D eigenvalue weighted by atomic mass is 35.5. The maximum absolute atomic E-state index is 12.5. The summed E-state index contributed by atoms with van der Waals surface area (Å²) in [6.45, 7) is 4.90. The van der Waals surface area contributed by atoms with Crippen LogP contribution in [0.25, 0.3) is 0 Å². The summed E-state index contributed by atoms with van der Waals surface area (Å²) in [7, 11) is 0. The van der Waals surface area contributed by atoms with Gasteiger partial charge in [-0.25, -0.2) is 9.67 Å². The fourth-order valence-corrected chi connectivity index (χ4v) is 3.29. The van der Waals surface area contributed by atoms with E-state index in [1.807, 2.05) is 24.3 Å². The minimum absolute atomic E-state index is 0. The standard InChI is InChI=1S/C18H25N5O.2ClH/c1-14(15-6-4-8-19-10-15)9-18(24)22-17-7-3-2-5-16(17)11-23-13-20-12-21-23;;/h2-3,5,7,12-15,19H,4,6,8-11H2,1H3,(H,22,24);2*1H. The third kappa shape index (κ3) is 6.27. The van der Waals surface area contributed by atoms with Gasteiger partial charge in [0.1, 0.15) is 12.7 Å². The van der Waals surface area contributed by atoms with Crippen LogP contribution >= 0.6 is 24.8 Å². The fourth-order valence-electron chi connectivity index (χ4n) is 3.29. The van der Waals surface area contributed by atoms with Crippen LogP contribution in [0.1, 0.15) is 31.7 Å². The van der Waals surface area contributed by atoms with E-state index in [1.54, 1.807) is 11.0 Å². The summed E-state index contributed by atoms with van der Waals surface area (Å²) in [6.07, 6.45) is 6.17. The van der Waals surface area contributed by atoms with Crippen molar-refractivity contribution in [2.24, 2.45) is 11.8 Å². The van der Waals surface area contributed by atoms with Crippen LogP contribution in [0.5, 0.6) is 0 Å². The number of anilines is 1. The van der Waals surface area contributed by atoms with Gasteiger partial charge < -0.3 is 10.6 Å². The minimum atomic E-state index is 0. The van der Waals surface area contributed by atoms with Crippen molar-refractivity contribution in [2.75, 3.05) is 18.4 Å². The Balaban J connectivity index is 0.00000169. The lowest BCUT2D eigenvalue weighted by Crippen LogP contribution is -2.34. The number of carbonyl (C=O) groups excluding carboxylic acids is 1. The second kappa shape index (κ2) is 11.2. The molecule has 2 N–H and O–H groups in total. The molecular weight excluding hydrogens is 373 g/mol. The molecule has 0 spiro atoms. The molecule has 0 aliphatic carbocycles. The molecule has 6 nitrogen and oxygen atoms in total. The molecule has 1 saturated heterocycles. The molecule has 1 fully saturated rings. The SMILES string of the molecule is CC(CC(=O)Nc1ccccc1Cn1cncn1)C1CCCNC1.Cl.Cl.